The van der Waals surface area contributed by atoms with E-state index in [-0.39, 0.29) is 17.7 Å². The van der Waals surface area contributed by atoms with Crippen LogP contribution >= 0.6 is 0 Å². The van der Waals surface area contributed by atoms with Crippen LogP contribution in [0.5, 0.6) is 0 Å². The zero-order valence-electron chi connectivity index (χ0n) is 15.0. The molecule has 6 heteroatoms. The van der Waals surface area contributed by atoms with Gasteiger partial charge in [0.2, 0.25) is 11.8 Å². The molecule has 0 spiro atoms. The molecule has 2 fully saturated rings. The van der Waals surface area contributed by atoms with E-state index < -0.39 is 0 Å². The highest BCUT2D eigenvalue weighted by Gasteiger charge is 2.21. The Labute approximate surface area is 149 Å². The normalized spacial score (nSPS) is 19.6. The Morgan fingerprint density at radius 2 is 1.72 bits per heavy atom. The lowest BCUT2D eigenvalue weighted by molar-refractivity contribution is -0.130. The molecule has 3 rings (SSSR count). The third kappa shape index (κ3) is 5.03. The Balaban J connectivity index is 1.47. The number of nitrogens with one attached hydrogen (secondary N) is 2. The predicted octanol–water partition coefficient (Wildman–Crippen LogP) is 1.29. The molecule has 6 nitrogen and oxygen atoms in total. The van der Waals surface area contributed by atoms with Crippen LogP contribution in [-0.2, 0) is 16.1 Å². The van der Waals surface area contributed by atoms with E-state index in [1.165, 1.54) is 5.56 Å². The van der Waals surface area contributed by atoms with Crippen molar-refractivity contribution in [1.29, 1.82) is 0 Å². The van der Waals surface area contributed by atoms with Gasteiger partial charge in [-0.2, -0.15) is 0 Å². The highest BCUT2D eigenvalue weighted by Crippen LogP contribution is 2.17. The van der Waals surface area contributed by atoms with Crippen LogP contribution < -0.4 is 10.6 Å². The summed E-state index contributed by atoms with van der Waals surface area (Å²) in [6.45, 7) is 7.80. The van der Waals surface area contributed by atoms with E-state index in [0.717, 1.165) is 64.3 Å². The summed E-state index contributed by atoms with van der Waals surface area (Å²) in [6, 6.07) is 8.13. The van der Waals surface area contributed by atoms with Crippen molar-refractivity contribution in [1.82, 2.24) is 15.1 Å². The first kappa shape index (κ1) is 17.9. The number of hydrogen-bond acceptors (Lipinski definition) is 4. The van der Waals surface area contributed by atoms with Crippen molar-refractivity contribution in [2.45, 2.75) is 26.3 Å². The summed E-state index contributed by atoms with van der Waals surface area (Å²) in [5.41, 5.74) is 2.10. The SMILES string of the molecule is CC(=O)N1CCN(Cc2ccc(NC(=O)C3CCNCC3)cc2)CC1. The maximum atomic E-state index is 12.3. The van der Waals surface area contributed by atoms with E-state index >= 15 is 0 Å². The van der Waals surface area contributed by atoms with Crippen molar-refractivity contribution in [3.63, 3.8) is 0 Å². The number of hydrogen-bond donors (Lipinski definition) is 2. The molecule has 0 radical (unpaired) electrons. The van der Waals surface area contributed by atoms with Gasteiger partial charge in [-0.15, -0.1) is 0 Å². The van der Waals surface area contributed by atoms with E-state index in [4.69, 9.17) is 0 Å². The number of anilines is 1. The smallest absolute Gasteiger partial charge is 0.227 e. The van der Waals surface area contributed by atoms with Gasteiger partial charge in [-0.25, -0.2) is 0 Å². The molecule has 2 amide bonds. The first-order valence-corrected chi connectivity index (χ1v) is 9.20. The molecule has 1 aromatic rings. The highest BCUT2D eigenvalue weighted by atomic mass is 16.2. The van der Waals surface area contributed by atoms with Gasteiger partial charge in [0.1, 0.15) is 0 Å². The minimum atomic E-state index is 0.124. The van der Waals surface area contributed by atoms with Crippen molar-refractivity contribution in [3.8, 4) is 0 Å². The molecule has 2 heterocycles. The molecule has 0 atom stereocenters. The largest absolute Gasteiger partial charge is 0.340 e. The fourth-order valence-corrected chi connectivity index (χ4v) is 3.50. The van der Waals surface area contributed by atoms with E-state index in [9.17, 15) is 9.59 Å². The molecule has 1 aromatic carbocycles. The monoisotopic (exact) mass is 344 g/mol. The van der Waals surface area contributed by atoms with Gasteiger partial charge in [-0.1, -0.05) is 12.1 Å². The van der Waals surface area contributed by atoms with Crippen molar-refractivity contribution < 1.29 is 9.59 Å². The molecule has 2 N–H and O–H groups in total. The average Bonchev–Trinajstić information content (AvgIpc) is 2.64. The molecule has 0 bridgehead atoms. The van der Waals surface area contributed by atoms with Crippen LogP contribution in [-0.4, -0.2) is 60.9 Å². The maximum absolute atomic E-state index is 12.3. The second-order valence-electron chi connectivity index (χ2n) is 6.99. The van der Waals surface area contributed by atoms with Gasteiger partial charge in [-0.05, 0) is 43.6 Å². The zero-order chi connectivity index (χ0) is 17.6. The van der Waals surface area contributed by atoms with Gasteiger partial charge in [0.15, 0.2) is 0 Å². The van der Waals surface area contributed by atoms with Gasteiger partial charge < -0.3 is 15.5 Å². The lowest BCUT2D eigenvalue weighted by Gasteiger charge is -2.34. The molecular formula is C19H28N4O2. The van der Waals surface area contributed by atoms with E-state index in [2.05, 4.69) is 27.7 Å². The van der Waals surface area contributed by atoms with Crippen molar-refractivity contribution >= 4 is 17.5 Å². The summed E-state index contributed by atoms with van der Waals surface area (Å²) in [5.74, 6) is 0.418. The average molecular weight is 344 g/mol. The summed E-state index contributed by atoms with van der Waals surface area (Å²) < 4.78 is 0. The lowest BCUT2D eigenvalue weighted by Crippen LogP contribution is -2.47. The van der Waals surface area contributed by atoms with Gasteiger partial charge in [-0.3, -0.25) is 14.5 Å². The Morgan fingerprint density at radius 3 is 2.32 bits per heavy atom. The third-order valence-electron chi connectivity index (χ3n) is 5.16. The molecule has 0 aliphatic carbocycles. The summed E-state index contributed by atoms with van der Waals surface area (Å²) in [5, 5.41) is 6.32. The van der Waals surface area contributed by atoms with Crippen LogP contribution in [0.4, 0.5) is 5.69 Å². The van der Waals surface area contributed by atoms with Crippen LogP contribution in [0.3, 0.4) is 0 Å². The molecule has 2 aliphatic heterocycles. The fraction of sp³-hybridized carbons (Fsp3) is 0.579. The van der Waals surface area contributed by atoms with Gasteiger partial charge in [0, 0.05) is 51.3 Å². The number of rotatable bonds is 4. The Morgan fingerprint density at radius 1 is 1.08 bits per heavy atom. The molecule has 25 heavy (non-hydrogen) atoms. The minimum Gasteiger partial charge on any atom is -0.340 e. The predicted molar refractivity (Wildman–Crippen MR) is 98.2 cm³/mol. The first-order chi connectivity index (χ1) is 12.1. The standard InChI is InChI=1S/C19H28N4O2/c1-15(24)23-12-10-22(11-13-23)14-16-2-4-18(5-3-16)21-19(25)17-6-8-20-9-7-17/h2-5,17,20H,6-14H2,1H3,(H,21,25). The van der Waals surface area contributed by atoms with Gasteiger partial charge in [0.05, 0.1) is 0 Å². The quantitative estimate of drug-likeness (QED) is 0.864. The van der Waals surface area contributed by atoms with Crippen molar-refractivity contribution in [2.24, 2.45) is 5.92 Å². The Hall–Kier alpha value is -1.92. The number of carbonyl (C=O) groups excluding carboxylic acids is 2. The number of carbonyl (C=O) groups is 2. The molecule has 2 saturated heterocycles. The zero-order valence-corrected chi connectivity index (χ0v) is 15.0. The third-order valence-corrected chi connectivity index (χ3v) is 5.16. The minimum absolute atomic E-state index is 0.124. The van der Waals surface area contributed by atoms with Crippen molar-refractivity contribution in [3.05, 3.63) is 29.8 Å². The summed E-state index contributed by atoms with van der Waals surface area (Å²) in [6.07, 6.45) is 1.83. The molecule has 136 valence electrons. The van der Waals surface area contributed by atoms with Crippen LogP contribution in [0, 0.1) is 5.92 Å². The van der Waals surface area contributed by atoms with Gasteiger partial charge >= 0.3 is 0 Å². The fourth-order valence-electron chi connectivity index (χ4n) is 3.50. The van der Waals surface area contributed by atoms with Crippen LogP contribution in [0.2, 0.25) is 0 Å². The van der Waals surface area contributed by atoms with Crippen LogP contribution in [0.25, 0.3) is 0 Å². The Bertz CT molecular complexity index is 588. The molecule has 2 aliphatic rings. The van der Waals surface area contributed by atoms with Crippen LogP contribution in [0.1, 0.15) is 25.3 Å². The van der Waals surface area contributed by atoms with Crippen molar-refractivity contribution in [2.75, 3.05) is 44.6 Å². The summed E-state index contributed by atoms with van der Waals surface area (Å²) in [7, 11) is 0. The molecule has 0 aromatic heterocycles. The van der Waals surface area contributed by atoms with E-state index in [0.29, 0.717) is 0 Å². The second-order valence-corrected chi connectivity index (χ2v) is 6.99. The van der Waals surface area contributed by atoms with E-state index in [1.54, 1.807) is 6.92 Å². The highest BCUT2D eigenvalue weighted by molar-refractivity contribution is 5.92. The molecule has 0 saturated carbocycles. The van der Waals surface area contributed by atoms with E-state index in [1.807, 2.05) is 17.0 Å². The lowest BCUT2D eigenvalue weighted by atomic mass is 9.97. The molecule has 0 unspecified atom stereocenters. The second kappa shape index (κ2) is 8.45. The number of benzene rings is 1. The summed E-state index contributed by atoms with van der Waals surface area (Å²) in [4.78, 5) is 27.9. The van der Waals surface area contributed by atoms with Gasteiger partial charge in [0.25, 0.3) is 0 Å². The number of amides is 2. The number of nitrogens with zero attached hydrogens (tertiary/aromatic N) is 2. The van der Waals surface area contributed by atoms with Crippen LogP contribution in [0.15, 0.2) is 24.3 Å². The Kier molecular flexibility index (Phi) is 6.04. The molecular weight excluding hydrogens is 316 g/mol. The number of piperazine rings is 1. The first-order valence-electron chi connectivity index (χ1n) is 9.20. The maximum Gasteiger partial charge on any atom is 0.227 e. The number of piperidine rings is 1. The topological polar surface area (TPSA) is 64.7 Å². The summed E-state index contributed by atoms with van der Waals surface area (Å²) >= 11 is 0.